The highest BCUT2D eigenvalue weighted by molar-refractivity contribution is 7.89. The van der Waals surface area contributed by atoms with E-state index in [0.717, 1.165) is 12.3 Å². The Balaban J connectivity index is 1.77. The summed E-state index contributed by atoms with van der Waals surface area (Å²) in [6, 6.07) is 13.2. The third-order valence-corrected chi connectivity index (χ3v) is 7.62. The Kier molecular flexibility index (Phi) is 5.46. The number of hydrogen-bond donors (Lipinski definition) is 1. The molecule has 1 atom stereocenters. The zero-order valence-electron chi connectivity index (χ0n) is 20.4. The van der Waals surface area contributed by atoms with Crippen molar-refractivity contribution in [1.82, 2.24) is 14.5 Å². The first-order chi connectivity index (χ1) is 18.1. The lowest BCUT2D eigenvalue weighted by atomic mass is 9.98. The van der Waals surface area contributed by atoms with Gasteiger partial charge in [0.1, 0.15) is 23.2 Å². The van der Waals surface area contributed by atoms with E-state index in [1.165, 1.54) is 16.7 Å². The average molecular weight is 533 g/mol. The third-order valence-electron chi connectivity index (χ3n) is 6.77. The molecule has 38 heavy (non-hydrogen) atoms. The average Bonchev–Trinajstić information content (AvgIpc) is 3.26. The van der Waals surface area contributed by atoms with Gasteiger partial charge in [-0.15, -0.1) is 0 Å². The maximum atomic E-state index is 15.5. The number of nitrogens with zero attached hydrogens (tertiary/aromatic N) is 3. The van der Waals surface area contributed by atoms with Crippen molar-refractivity contribution in [3.8, 4) is 11.1 Å². The molecule has 10 heteroatoms. The minimum absolute atomic E-state index is 0.105. The highest BCUT2D eigenvalue weighted by atomic mass is 32.2. The Bertz CT molecular complexity index is 1900. The molecular weight excluding hydrogens is 510 g/mol. The minimum atomic E-state index is -3.35. The molecular formula is C28H22F2N4O3S. The highest BCUT2D eigenvalue weighted by Gasteiger charge is 2.35. The van der Waals surface area contributed by atoms with Crippen molar-refractivity contribution in [2.24, 2.45) is 7.05 Å². The fourth-order valence-corrected chi connectivity index (χ4v) is 6.05. The van der Waals surface area contributed by atoms with E-state index in [9.17, 15) is 17.6 Å². The number of nitrogens with one attached hydrogen (secondary N) is 1. The van der Waals surface area contributed by atoms with Crippen LogP contribution >= 0.6 is 0 Å². The number of aromatic amines is 1. The molecule has 1 N–H and O–H groups in total. The van der Waals surface area contributed by atoms with E-state index in [0.29, 0.717) is 44.5 Å². The highest BCUT2D eigenvalue weighted by Crippen LogP contribution is 2.50. The Morgan fingerprint density at radius 2 is 1.82 bits per heavy atom. The Labute approximate surface area is 216 Å². The van der Waals surface area contributed by atoms with Gasteiger partial charge in [0.25, 0.3) is 5.56 Å². The summed E-state index contributed by atoms with van der Waals surface area (Å²) in [5.41, 5.74) is 3.86. The van der Waals surface area contributed by atoms with Crippen LogP contribution in [0.3, 0.4) is 0 Å². The molecule has 3 aromatic heterocycles. The van der Waals surface area contributed by atoms with E-state index in [1.54, 1.807) is 54.8 Å². The van der Waals surface area contributed by atoms with E-state index in [-0.39, 0.29) is 17.0 Å². The first-order valence-electron chi connectivity index (χ1n) is 11.8. The van der Waals surface area contributed by atoms with E-state index in [4.69, 9.17) is 0 Å². The topological polar surface area (TPSA) is 88.1 Å². The Morgan fingerprint density at radius 1 is 1.03 bits per heavy atom. The van der Waals surface area contributed by atoms with Crippen molar-refractivity contribution in [3.63, 3.8) is 0 Å². The number of rotatable bonds is 4. The number of anilines is 2. The zero-order chi connectivity index (χ0) is 26.8. The van der Waals surface area contributed by atoms with Crippen LogP contribution in [-0.2, 0) is 22.6 Å². The van der Waals surface area contributed by atoms with Gasteiger partial charge in [0.15, 0.2) is 9.84 Å². The number of H-pyrrole nitrogens is 1. The molecule has 0 bridgehead atoms. The predicted octanol–water partition coefficient (Wildman–Crippen LogP) is 4.99. The number of halogens is 2. The van der Waals surface area contributed by atoms with E-state index < -0.39 is 27.5 Å². The SMILES string of the molecule is Cn1cc2c3c(c[nH]c3c1=O)C(c1ccccn1)N(c1ccc(F)cc1F)c1ccc(CS(C)(=O)=O)cc1-2. The van der Waals surface area contributed by atoms with Crippen LogP contribution in [-0.4, -0.2) is 29.2 Å². The van der Waals surface area contributed by atoms with Crippen molar-refractivity contribution in [2.75, 3.05) is 11.2 Å². The number of aryl methyl sites for hydroxylation is 1. The van der Waals surface area contributed by atoms with Crippen LogP contribution in [0.2, 0.25) is 0 Å². The van der Waals surface area contributed by atoms with E-state index in [1.807, 2.05) is 12.1 Å². The van der Waals surface area contributed by atoms with Gasteiger partial charge >= 0.3 is 0 Å². The summed E-state index contributed by atoms with van der Waals surface area (Å²) in [5, 5.41) is 0.631. The van der Waals surface area contributed by atoms with Crippen LogP contribution in [0.25, 0.3) is 22.0 Å². The maximum Gasteiger partial charge on any atom is 0.274 e. The molecule has 0 amide bonds. The van der Waals surface area contributed by atoms with Crippen molar-refractivity contribution < 1.29 is 17.2 Å². The van der Waals surface area contributed by atoms with Crippen molar-refractivity contribution in [1.29, 1.82) is 0 Å². The van der Waals surface area contributed by atoms with Gasteiger partial charge in [-0.3, -0.25) is 9.78 Å². The smallest absolute Gasteiger partial charge is 0.274 e. The summed E-state index contributed by atoms with van der Waals surface area (Å²) < 4.78 is 55.2. The molecule has 1 unspecified atom stereocenters. The summed E-state index contributed by atoms with van der Waals surface area (Å²) in [5.74, 6) is -1.68. The number of pyridine rings is 2. The van der Waals surface area contributed by atoms with Crippen molar-refractivity contribution in [2.45, 2.75) is 11.8 Å². The summed E-state index contributed by atoms with van der Waals surface area (Å²) in [6.45, 7) is 0. The molecule has 1 aliphatic rings. The molecule has 2 aromatic carbocycles. The van der Waals surface area contributed by atoms with Crippen LogP contribution in [0.5, 0.6) is 0 Å². The largest absolute Gasteiger partial charge is 0.356 e. The lowest BCUT2D eigenvalue weighted by Crippen LogP contribution is -2.26. The molecule has 7 nitrogen and oxygen atoms in total. The molecule has 0 fully saturated rings. The summed E-state index contributed by atoms with van der Waals surface area (Å²) in [4.78, 5) is 22.5. The lowest BCUT2D eigenvalue weighted by molar-refractivity contribution is 0.579. The molecule has 5 aromatic rings. The first-order valence-corrected chi connectivity index (χ1v) is 13.9. The molecule has 0 saturated carbocycles. The van der Waals surface area contributed by atoms with E-state index >= 15 is 4.39 Å². The third kappa shape index (κ3) is 3.88. The van der Waals surface area contributed by atoms with Crippen molar-refractivity contribution >= 4 is 32.1 Å². The monoisotopic (exact) mass is 532 g/mol. The first kappa shape index (κ1) is 24.1. The van der Waals surface area contributed by atoms with Crippen LogP contribution in [0.4, 0.5) is 20.2 Å². The second kappa shape index (κ2) is 8.63. The number of fused-ring (bicyclic) bond motifs is 2. The Hall–Kier alpha value is -4.31. The van der Waals surface area contributed by atoms with Gasteiger partial charge in [-0.2, -0.15) is 0 Å². The normalized spacial score (nSPS) is 14.9. The van der Waals surface area contributed by atoms with Crippen LogP contribution in [0.15, 0.2) is 78.0 Å². The minimum Gasteiger partial charge on any atom is -0.356 e. The number of hydrogen-bond acceptors (Lipinski definition) is 5. The lowest BCUT2D eigenvalue weighted by Gasteiger charge is -2.33. The van der Waals surface area contributed by atoms with Gasteiger partial charge < -0.3 is 14.5 Å². The number of benzene rings is 2. The van der Waals surface area contributed by atoms with Gasteiger partial charge in [0.2, 0.25) is 0 Å². The molecule has 192 valence electrons. The van der Waals surface area contributed by atoms with Gasteiger partial charge in [-0.05, 0) is 42.0 Å². The van der Waals surface area contributed by atoms with Crippen molar-refractivity contribution in [3.05, 3.63) is 112 Å². The van der Waals surface area contributed by atoms with Gasteiger partial charge in [0.05, 0.1) is 22.8 Å². The fraction of sp³-hybridized carbons (Fsp3) is 0.143. The summed E-state index contributed by atoms with van der Waals surface area (Å²) >= 11 is 0. The second-order valence-corrected chi connectivity index (χ2v) is 11.6. The molecule has 6 rings (SSSR count). The summed E-state index contributed by atoms with van der Waals surface area (Å²) in [6.07, 6.45) is 6.20. The standard InChI is InChI=1S/C28H22F2N4O3S/c1-33-14-20-18-11-16(15-38(2,36)37)6-8-23(18)34(24-9-7-17(29)12-21(24)30)27(22-5-3-4-10-31-22)19-13-32-26(25(19)20)28(33)35/h3-14,27,32H,15H2,1-2H3. The molecule has 0 spiro atoms. The van der Waals surface area contributed by atoms with Crippen LogP contribution in [0.1, 0.15) is 22.9 Å². The molecule has 1 aliphatic heterocycles. The molecule has 0 aliphatic carbocycles. The molecule has 0 radical (unpaired) electrons. The fourth-order valence-electron chi connectivity index (χ4n) is 5.26. The second-order valence-electron chi connectivity index (χ2n) is 9.50. The number of sulfone groups is 1. The van der Waals surface area contributed by atoms with Gasteiger partial charge in [0, 0.05) is 60.0 Å². The maximum absolute atomic E-state index is 15.5. The van der Waals surface area contributed by atoms with Crippen LogP contribution in [0, 0.1) is 11.6 Å². The molecule has 0 saturated heterocycles. The van der Waals surface area contributed by atoms with Gasteiger partial charge in [-0.25, -0.2) is 17.2 Å². The molecule has 4 heterocycles. The quantitative estimate of drug-likeness (QED) is 0.352. The van der Waals surface area contributed by atoms with Crippen LogP contribution < -0.4 is 10.5 Å². The van der Waals surface area contributed by atoms with Gasteiger partial charge in [-0.1, -0.05) is 12.1 Å². The number of aromatic nitrogens is 3. The summed E-state index contributed by atoms with van der Waals surface area (Å²) in [7, 11) is -1.71. The van der Waals surface area contributed by atoms with E-state index in [2.05, 4.69) is 9.97 Å². The Morgan fingerprint density at radius 3 is 2.53 bits per heavy atom. The predicted molar refractivity (Wildman–Crippen MR) is 142 cm³/mol. The zero-order valence-corrected chi connectivity index (χ0v) is 21.3.